The van der Waals surface area contributed by atoms with E-state index in [1.54, 1.807) is 26.4 Å². The van der Waals surface area contributed by atoms with E-state index in [1.807, 2.05) is 6.07 Å². The van der Waals surface area contributed by atoms with E-state index >= 15 is 0 Å². The van der Waals surface area contributed by atoms with Gasteiger partial charge >= 0.3 is 0 Å². The molecule has 0 bridgehead atoms. The number of rotatable bonds is 7. The van der Waals surface area contributed by atoms with Crippen molar-refractivity contribution in [1.82, 2.24) is 15.1 Å². The number of carbonyl (C=O) groups excluding carboxylic acids is 1. The van der Waals surface area contributed by atoms with Gasteiger partial charge in [0.1, 0.15) is 0 Å². The number of hydrogen-bond donors (Lipinski definition) is 1. The highest BCUT2D eigenvalue weighted by Gasteiger charge is 2.38. The molecule has 1 amide bonds. The van der Waals surface area contributed by atoms with Gasteiger partial charge in [0.05, 0.1) is 19.8 Å². The third-order valence-corrected chi connectivity index (χ3v) is 5.74. The van der Waals surface area contributed by atoms with Crippen LogP contribution in [0.2, 0.25) is 0 Å². The fourth-order valence-corrected chi connectivity index (χ4v) is 4.38. The SMILES string of the molecule is COc1cccc(C(=O)N[C@@H]2CN(C3CCOCC3)C[C@H]2CN(C)C)c1OC. The molecule has 2 aliphatic heterocycles. The van der Waals surface area contributed by atoms with Crippen LogP contribution in [0.3, 0.4) is 0 Å². The molecular formula is C21H33N3O4. The summed E-state index contributed by atoms with van der Waals surface area (Å²) in [6.45, 7) is 4.49. The minimum Gasteiger partial charge on any atom is -0.493 e. The Bertz CT molecular complexity index is 661. The second kappa shape index (κ2) is 9.58. The molecule has 2 fully saturated rings. The maximum atomic E-state index is 13.1. The molecule has 0 radical (unpaired) electrons. The maximum absolute atomic E-state index is 13.1. The van der Waals surface area contributed by atoms with Crippen molar-refractivity contribution in [2.24, 2.45) is 5.92 Å². The van der Waals surface area contributed by atoms with Crippen LogP contribution >= 0.6 is 0 Å². The molecule has 1 aromatic carbocycles. The molecule has 0 spiro atoms. The summed E-state index contributed by atoms with van der Waals surface area (Å²) < 4.78 is 16.3. The second-order valence-corrected chi connectivity index (χ2v) is 7.94. The van der Waals surface area contributed by atoms with Crippen molar-refractivity contribution in [2.45, 2.75) is 24.9 Å². The molecule has 2 heterocycles. The van der Waals surface area contributed by atoms with E-state index < -0.39 is 0 Å². The monoisotopic (exact) mass is 391 g/mol. The number of likely N-dealkylation sites (tertiary alicyclic amines) is 1. The zero-order chi connectivity index (χ0) is 20.1. The van der Waals surface area contributed by atoms with Crippen molar-refractivity contribution in [1.29, 1.82) is 0 Å². The van der Waals surface area contributed by atoms with Crippen molar-refractivity contribution in [2.75, 3.05) is 61.2 Å². The summed E-state index contributed by atoms with van der Waals surface area (Å²) in [7, 11) is 7.31. The highest BCUT2D eigenvalue weighted by Crippen LogP contribution is 2.31. The van der Waals surface area contributed by atoms with E-state index in [4.69, 9.17) is 14.2 Å². The van der Waals surface area contributed by atoms with Crippen LogP contribution in [0.4, 0.5) is 0 Å². The van der Waals surface area contributed by atoms with Crippen molar-refractivity contribution in [3.8, 4) is 11.5 Å². The number of carbonyl (C=O) groups is 1. The van der Waals surface area contributed by atoms with Crippen LogP contribution in [0.15, 0.2) is 18.2 Å². The van der Waals surface area contributed by atoms with Gasteiger partial charge in [0.25, 0.3) is 5.91 Å². The average Bonchev–Trinajstić information content (AvgIpc) is 3.09. The van der Waals surface area contributed by atoms with Crippen LogP contribution in [-0.2, 0) is 4.74 Å². The Morgan fingerprint density at radius 1 is 1.21 bits per heavy atom. The van der Waals surface area contributed by atoms with Gasteiger partial charge in [-0.1, -0.05) is 6.07 Å². The quantitative estimate of drug-likeness (QED) is 0.760. The summed E-state index contributed by atoms with van der Waals surface area (Å²) in [5, 5.41) is 3.27. The molecule has 156 valence electrons. The lowest BCUT2D eigenvalue weighted by molar-refractivity contribution is 0.0403. The Hall–Kier alpha value is -1.83. The van der Waals surface area contributed by atoms with Gasteiger partial charge in [0.2, 0.25) is 0 Å². The first-order chi connectivity index (χ1) is 13.5. The first kappa shape index (κ1) is 20.9. The summed E-state index contributed by atoms with van der Waals surface area (Å²) in [5.74, 6) is 1.32. The van der Waals surface area contributed by atoms with Crippen LogP contribution in [-0.4, -0.2) is 89.0 Å². The second-order valence-electron chi connectivity index (χ2n) is 7.94. The third kappa shape index (κ3) is 4.77. The van der Waals surface area contributed by atoms with E-state index in [1.165, 1.54) is 0 Å². The maximum Gasteiger partial charge on any atom is 0.255 e. The van der Waals surface area contributed by atoms with Crippen LogP contribution in [0.1, 0.15) is 23.2 Å². The van der Waals surface area contributed by atoms with E-state index in [9.17, 15) is 4.79 Å². The molecule has 28 heavy (non-hydrogen) atoms. The third-order valence-electron chi connectivity index (χ3n) is 5.74. The van der Waals surface area contributed by atoms with Crippen LogP contribution in [0.5, 0.6) is 11.5 Å². The van der Waals surface area contributed by atoms with Gasteiger partial charge in [-0.05, 0) is 39.1 Å². The number of para-hydroxylation sites is 1. The Morgan fingerprint density at radius 2 is 1.96 bits per heavy atom. The van der Waals surface area contributed by atoms with Crippen molar-refractivity contribution in [3.63, 3.8) is 0 Å². The summed E-state index contributed by atoms with van der Waals surface area (Å²) >= 11 is 0. The normalized spacial score (nSPS) is 23.8. The lowest BCUT2D eigenvalue weighted by atomic mass is 10.0. The zero-order valence-corrected chi connectivity index (χ0v) is 17.4. The Labute approximate surface area is 167 Å². The van der Waals surface area contributed by atoms with Gasteiger partial charge in [0, 0.05) is 50.8 Å². The number of hydrogen-bond acceptors (Lipinski definition) is 6. The van der Waals surface area contributed by atoms with Gasteiger partial charge in [-0.25, -0.2) is 0 Å². The first-order valence-electron chi connectivity index (χ1n) is 10.0. The smallest absolute Gasteiger partial charge is 0.255 e. The molecule has 0 unspecified atom stereocenters. The van der Waals surface area contributed by atoms with E-state index in [0.29, 0.717) is 29.0 Å². The minimum atomic E-state index is -0.113. The van der Waals surface area contributed by atoms with Crippen LogP contribution < -0.4 is 14.8 Å². The molecule has 2 saturated heterocycles. The number of methoxy groups -OCH3 is 2. The molecule has 3 rings (SSSR count). The molecule has 2 aliphatic rings. The summed E-state index contributed by atoms with van der Waals surface area (Å²) in [6, 6.07) is 6.05. The lowest BCUT2D eigenvalue weighted by Crippen LogP contribution is -2.44. The highest BCUT2D eigenvalue weighted by molar-refractivity contribution is 5.98. The fraction of sp³-hybridized carbons (Fsp3) is 0.667. The van der Waals surface area contributed by atoms with E-state index in [2.05, 4.69) is 29.2 Å². The summed E-state index contributed by atoms with van der Waals surface area (Å²) in [6.07, 6.45) is 2.14. The van der Waals surface area contributed by atoms with Crippen molar-refractivity contribution in [3.05, 3.63) is 23.8 Å². The molecule has 0 aromatic heterocycles. The average molecular weight is 392 g/mol. The Morgan fingerprint density at radius 3 is 2.61 bits per heavy atom. The molecule has 7 heteroatoms. The molecule has 2 atom stereocenters. The Balaban J connectivity index is 1.73. The highest BCUT2D eigenvalue weighted by atomic mass is 16.5. The molecule has 0 saturated carbocycles. The molecular weight excluding hydrogens is 358 g/mol. The standard InChI is InChI=1S/C21H33N3O4/c1-23(2)12-15-13-24(16-8-10-28-11-9-16)14-18(15)22-21(25)17-6-5-7-19(26-3)20(17)27-4/h5-7,15-16,18H,8-14H2,1-4H3,(H,22,25)/t15-,18-/m1/s1. The topological polar surface area (TPSA) is 63.3 Å². The number of nitrogens with one attached hydrogen (secondary N) is 1. The predicted octanol–water partition coefficient (Wildman–Crippen LogP) is 1.47. The molecule has 1 aromatic rings. The zero-order valence-electron chi connectivity index (χ0n) is 17.4. The van der Waals surface area contributed by atoms with Crippen LogP contribution in [0.25, 0.3) is 0 Å². The van der Waals surface area contributed by atoms with Gasteiger partial charge in [-0.15, -0.1) is 0 Å². The summed E-state index contributed by atoms with van der Waals surface area (Å²) in [4.78, 5) is 17.8. The van der Waals surface area contributed by atoms with E-state index in [-0.39, 0.29) is 11.9 Å². The minimum absolute atomic E-state index is 0.105. The van der Waals surface area contributed by atoms with Crippen LogP contribution in [0, 0.1) is 5.92 Å². The number of nitrogens with zero attached hydrogens (tertiary/aromatic N) is 2. The number of benzene rings is 1. The summed E-state index contributed by atoms with van der Waals surface area (Å²) in [5.41, 5.74) is 0.509. The first-order valence-corrected chi connectivity index (χ1v) is 10.0. The number of ether oxygens (including phenoxy) is 3. The number of amides is 1. The molecule has 7 nitrogen and oxygen atoms in total. The van der Waals surface area contributed by atoms with Gasteiger partial charge in [0.15, 0.2) is 11.5 Å². The van der Waals surface area contributed by atoms with Gasteiger partial charge in [-0.3, -0.25) is 9.69 Å². The fourth-order valence-electron chi connectivity index (χ4n) is 4.38. The van der Waals surface area contributed by atoms with Gasteiger partial charge in [-0.2, -0.15) is 0 Å². The van der Waals surface area contributed by atoms with Crippen molar-refractivity contribution >= 4 is 5.91 Å². The Kier molecular flexibility index (Phi) is 7.15. The van der Waals surface area contributed by atoms with Crippen molar-refractivity contribution < 1.29 is 19.0 Å². The van der Waals surface area contributed by atoms with Gasteiger partial charge < -0.3 is 24.4 Å². The lowest BCUT2D eigenvalue weighted by Gasteiger charge is -2.31. The van der Waals surface area contributed by atoms with E-state index in [0.717, 1.165) is 45.7 Å². The molecule has 1 N–H and O–H groups in total. The molecule has 0 aliphatic carbocycles. The predicted molar refractivity (Wildman–Crippen MR) is 108 cm³/mol. The largest absolute Gasteiger partial charge is 0.493 e.